The number of halogens is 2. The first-order chi connectivity index (χ1) is 7.79. The summed E-state index contributed by atoms with van der Waals surface area (Å²) in [5.74, 6) is -0.242. The molecule has 82 valence electrons. The lowest BCUT2D eigenvalue weighted by atomic mass is 10.2. The van der Waals surface area contributed by atoms with Gasteiger partial charge in [0, 0.05) is 11.0 Å². The smallest absolute Gasteiger partial charge is 0.146 e. The molecule has 0 bridgehead atoms. The fourth-order valence-electron chi connectivity index (χ4n) is 1.43. The lowest BCUT2D eigenvalue weighted by molar-refractivity contribution is 0.631. The molecule has 3 heteroatoms. The zero-order valence-electron chi connectivity index (χ0n) is 8.58. The van der Waals surface area contributed by atoms with Crippen molar-refractivity contribution in [3.63, 3.8) is 0 Å². The highest BCUT2D eigenvalue weighted by atomic mass is 79.9. The minimum Gasteiger partial charge on any atom is -0.353 e. The highest BCUT2D eigenvalue weighted by Gasteiger charge is 2.03. The number of para-hydroxylation sites is 1. The molecule has 2 aromatic rings. The molecule has 0 aliphatic rings. The molecule has 0 aliphatic heterocycles. The molecule has 0 aliphatic carbocycles. The second kappa shape index (κ2) is 5.12. The molecule has 2 rings (SSSR count). The first-order valence-corrected chi connectivity index (χ1v) is 6.08. The Morgan fingerprint density at radius 3 is 2.50 bits per heavy atom. The SMILES string of the molecule is Fc1ccc(CBr)cc1Nc1ccccc1. The van der Waals surface area contributed by atoms with E-state index in [1.165, 1.54) is 6.07 Å². The van der Waals surface area contributed by atoms with Gasteiger partial charge in [0.1, 0.15) is 5.82 Å². The van der Waals surface area contributed by atoms with E-state index >= 15 is 0 Å². The van der Waals surface area contributed by atoms with Crippen LogP contribution in [0.2, 0.25) is 0 Å². The van der Waals surface area contributed by atoms with Crippen LogP contribution in [-0.2, 0) is 5.33 Å². The quantitative estimate of drug-likeness (QED) is 0.818. The average Bonchev–Trinajstić information content (AvgIpc) is 2.33. The van der Waals surface area contributed by atoms with Crippen molar-refractivity contribution >= 4 is 27.3 Å². The van der Waals surface area contributed by atoms with Gasteiger partial charge < -0.3 is 5.32 Å². The van der Waals surface area contributed by atoms with Gasteiger partial charge in [-0.1, -0.05) is 40.2 Å². The molecule has 0 radical (unpaired) electrons. The zero-order chi connectivity index (χ0) is 11.4. The second-order valence-corrected chi connectivity index (χ2v) is 4.00. The lowest BCUT2D eigenvalue weighted by Gasteiger charge is -2.08. The Morgan fingerprint density at radius 1 is 1.06 bits per heavy atom. The van der Waals surface area contributed by atoms with Gasteiger partial charge in [-0.3, -0.25) is 0 Å². The Morgan fingerprint density at radius 2 is 1.81 bits per heavy atom. The van der Waals surface area contributed by atoms with E-state index in [0.29, 0.717) is 5.69 Å². The van der Waals surface area contributed by atoms with E-state index in [9.17, 15) is 4.39 Å². The number of anilines is 2. The Kier molecular flexibility index (Phi) is 3.57. The van der Waals surface area contributed by atoms with Crippen LogP contribution in [0.5, 0.6) is 0 Å². The third-order valence-electron chi connectivity index (χ3n) is 2.24. The molecule has 0 amide bonds. The molecule has 0 saturated heterocycles. The molecule has 2 aromatic carbocycles. The van der Waals surface area contributed by atoms with Crippen LogP contribution in [0.3, 0.4) is 0 Å². The van der Waals surface area contributed by atoms with Crippen molar-refractivity contribution in [2.75, 3.05) is 5.32 Å². The van der Waals surface area contributed by atoms with Crippen molar-refractivity contribution < 1.29 is 4.39 Å². The van der Waals surface area contributed by atoms with E-state index in [2.05, 4.69) is 21.2 Å². The summed E-state index contributed by atoms with van der Waals surface area (Å²) in [7, 11) is 0. The molecular weight excluding hydrogens is 269 g/mol. The number of hydrogen-bond donors (Lipinski definition) is 1. The highest BCUT2D eigenvalue weighted by molar-refractivity contribution is 9.08. The first kappa shape index (κ1) is 11.1. The van der Waals surface area contributed by atoms with E-state index in [1.807, 2.05) is 30.3 Å². The number of nitrogens with one attached hydrogen (secondary N) is 1. The van der Waals surface area contributed by atoms with Gasteiger partial charge >= 0.3 is 0 Å². The first-order valence-electron chi connectivity index (χ1n) is 4.96. The Hall–Kier alpha value is -1.35. The number of benzene rings is 2. The number of rotatable bonds is 3. The van der Waals surface area contributed by atoms with E-state index in [1.54, 1.807) is 12.1 Å². The summed E-state index contributed by atoms with van der Waals surface area (Å²) < 4.78 is 13.5. The molecular formula is C13H11BrFN. The highest BCUT2D eigenvalue weighted by Crippen LogP contribution is 2.22. The molecule has 0 fully saturated rings. The van der Waals surface area contributed by atoms with Crippen LogP contribution >= 0.6 is 15.9 Å². The maximum Gasteiger partial charge on any atom is 0.146 e. The van der Waals surface area contributed by atoms with Crippen LogP contribution < -0.4 is 5.32 Å². The Bertz CT molecular complexity index is 471. The predicted molar refractivity (Wildman–Crippen MR) is 68.8 cm³/mol. The summed E-state index contributed by atoms with van der Waals surface area (Å²) in [6.45, 7) is 0. The number of alkyl halides is 1. The monoisotopic (exact) mass is 279 g/mol. The van der Waals surface area contributed by atoms with Crippen molar-refractivity contribution in [1.82, 2.24) is 0 Å². The third kappa shape index (κ3) is 2.61. The molecule has 0 heterocycles. The van der Waals surface area contributed by atoms with Gasteiger partial charge in [0.25, 0.3) is 0 Å². The van der Waals surface area contributed by atoms with E-state index in [4.69, 9.17) is 0 Å². The van der Waals surface area contributed by atoms with Crippen molar-refractivity contribution in [1.29, 1.82) is 0 Å². The second-order valence-electron chi connectivity index (χ2n) is 3.44. The van der Waals surface area contributed by atoms with Crippen LogP contribution in [0.15, 0.2) is 48.5 Å². The molecule has 1 nitrogen and oxygen atoms in total. The van der Waals surface area contributed by atoms with Crippen LogP contribution in [0.1, 0.15) is 5.56 Å². The van der Waals surface area contributed by atoms with Gasteiger partial charge in [-0.2, -0.15) is 0 Å². The fourth-order valence-corrected chi connectivity index (χ4v) is 1.78. The van der Waals surface area contributed by atoms with Gasteiger partial charge in [-0.25, -0.2) is 4.39 Å². The molecule has 16 heavy (non-hydrogen) atoms. The summed E-state index contributed by atoms with van der Waals surface area (Å²) in [5, 5.41) is 3.77. The molecule has 0 spiro atoms. The van der Waals surface area contributed by atoms with Gasteiger partial charge in [-0.05, 0) is 29.8 Å². The van der Waals surface area contributed by atoms with Crippen LogP contribution in [0.4, 0.5) is 15.8 Å². The Balaban J connectivity index is 2.27. The predicted octanol–water partition coefficient (Wildman–Crippen LogP) is 4.46. The largest absolute Gasteiger partial charge is 0.353 e. The van der Waals surface area contributed by atoms with Crippen molar-refractivity contribution in [2.24, 2.45) is 0 Å². The summed E-state index contributed by atoms with van der Waals surface area (Å²) in [4.78, 5) is 0. The van der Waals surface area contributed by atoms with Gasteiger partial charge in [0.15, 0.2) is 0 Å². The summed E-state index contributed by atoms with van der Waals surface area (Å²) >= 11 is 3.35. The molecule has 0 aromatic heterocycles. The third-order valence-corrected chi connectivity index (χ3v) is 2.89. The lowest BCUT2D eigenvalue weighted by Crippen LogP contribution is -1.94. The average molecular weight is 280 g/mol. The fraction of sp³-hybridized carbons (Fsp3) is 0.0769. The minimum atomic E-state index is -0.242. The number of hydrogen-bond acceptors (Lipinski definition) is 1. The molecule has 0 atom stereocenters. The van der Waals surface area contributed by atoms with E-state index < -0.39 is 0 Å². The topological polar surface area (TPSA) is 12.0 Å². The van der Waals surface area contributed by atoms with Gasteiger partial charge in [-0.15, -0.1) is 0 Å². The van der Waals surface area contributed by atoms with E-state index in [0.717, 1.165) is 16.6 Å². The van der Waals surface area contributed by atoms with Crippen molar-refractivity contribution in [2.45, 2.75) is 5.33 Å². The minimum absolute atomic E-state index is 0.242. The summed E-state index contributed by atoms with van der Waals surface area (Å²) in [5.41, 5.74) is 2.43. The normalized spacial score (nSPS) is 10.1. The standard InChI is InChI=1S/C13H11BrFN/c14-9-10-6-7-12(15)13(8-10)16-11-4-2-1-3-5-11/h1-8,16H,9H2. The summed E-state index contributed by atoms with van der Waals surface area (Å²) in [6, 6.07) is 14.6. The van der Waals surface area contributed by atoms with Gasteiger partial charge in [0.05, 0.1) is 5.69 Å². The van der Waals surface area contributed by atoms with Crippen molar-refractivity contribution in [3.8, 4) is 0 Å². The van der Waals surface area contributed by atoms with Crippen LogP contribution in [-0.4, -0.2) is 0 Å². The van der Waals surface area contributed by atoms with Gasteiger partial charge in [0.2, 0.25) is 0 Å². The molecule has 1 N–H and O–H groups in total. The maximum absolute atomic E-state index is 13.5. The van der Waals surface area contributed by atoms with Crippen LogP contribution in [0, 0.1) is 5.82 Å². The Labute approximate surface area is 102 Å². The maximum atomic E-state index is 13.5. The van der Waals surface area contributed by atoms with E-state index in [-0.39, 0.29) is 5.82 Å². The summed E-state index contributed by atoms with van der Waals surface area (Å²) in [6.07, 6.45) is 0. The zero-order valence-corrected chi connectivity index (χ0v) is 10.2. The van der Waals surface area contributed by atoms with Crippen LogP contribution in [0.25, 0.3) is 0 Å². The molecule has 0 saturated carbocycles. The van der Waals surface area contributed by atoms with Crippen molar-refractivity contribution in [3.05, 3.63) is 59.9 Å². The molecule has 0 unspecified atom stereocenters.